The topological polar surface area (TPSA) is 119 Å². The van der Waals surface area contributed by atoms with Gasteiger partial charge < -0.3 is 26.0 Å². The van der Waals surface area contributed by atoms with E-state index in [0.29, 0.717) is 0 Å². The summed E-state index contributed by atoms with van der Waals surface area (Å²) in [6.07, 6.45) is 0.531. The van der Waals surface area contributed by atoms with Crippen molar-refractivity contribution in [2.24, 2.45) is 11.5 Å². The van der Waals surface area contributed by atoms with Crippen molar-refractivity contribution in [2.45, 2.75) is 44.3 Å². The first-order chi connectivity index (χ1) is 18.0. The number of amides is 3. The van der Waals surface area contributed by atoms with Crippen molar-refractivity contribution in [2.75, 3.05) is 27.3 Å². The molecule has 8 nitrogen and oxygen atoms in total. The van der Waals surface area contributed by atoms with Crippen molar-refractivity contribution in [3.63, 3.8) is 0 Å². The van der Waals surface area contributed by atoms with Gasteiger partial charge in [0.15, 0.2) is 0 Å². The van der Waals surface area contributed by atoms with Crippen LogP contribution >= 0.6 is 0 Å². The second-order valence-electron chi connectivity index (χ2n) is 10.4. The highest BCUT2D eigenvalue weighted by Gasteiger charge is 2.34. The van der Waals surface area contributed by atoms with Crippen molar-refractivity contribution in [3.8, 4) is 0 Å². The van der Waals surface area contributed by atoms with E-state index in [1.807, 2.05) is 72.8 Å². The van der Waals surface area contributed by atoms with Crippen LogP contribution in [0.15, 0.2) is 72.8 Å². The second-order valence-corrected chi connectivity index (χ2v) is 10.4. The molecule has 0 aliphatic carbocycles. The summed E-state index contributed by atoms with van der Waals surface area (Å²) < 4.78 is 5.53. The number of rotatable bonds is 12. The third kappa shape index (κ3) is 7.87. The average molecular weight is 519 g/mol. The highest BCUT2D eigenvalue weighted by atomic mass is 16.5. The fraction of sp³-hybridized carbons (Fsp3) is 0.367. The highest BCUT2D eigenvalue weighted by Crippen LogP contribution is 2.20. The molecule has 202 valence electrons. The quantitative estimate of drug-likeness (QED) is 0.382. The van der Waals surface area contributed by atoms with Crippen molar-refractivity contribution in [1.82, 2.24) is 9.80 Å². The Morgan fingerprint density at radius 1 is 0.816 bits per heavy atom. The van der Waals surface area contributed by atoms with Gasteiger partial charge in [-0.1, -0.05) is 72.8 Å². The van der Waals surface area contributed by atoms with Gasteiger partial charge in [-0.05, 0) is 35.7 Å². The minimum absolute atomic E-state index is 0.191. The summed E-state index contributed by atoms with van der Waals surface area (Å²) in [6.45, 7) is 3.58. The highest BCUT2D eigenvalue weighted by molar-refractivity contribution is 5.92. The first kappa shape index (κ1) is 28.8. The standard InChI is InChI=1S/C30H38N4O4/c1-30(2,32)20-38-19-27(35)33(3)26(18-22-14-15-23-12-8-9-13-24(23)16-22)29(37)34(4)25(28(31)36)17-21-10-6-5-7-11-21/h5-16,25-26H,17-20,32H2,1-4H3,(H2,31,36)/t25-,26-/m1/s1. The summed E-state index contributed by atoms with van der Waals surface area (Å²) in [5.41, 5.74) is 12.9. The molecule has 0 spiro atoms. The van der Waals surface area contributed by atoms with Crippen LogP contribution < -0.4 is 11.5 Å². The van der Waals surface area contributed by atoms with E-state index < -0.39 is 23.5 Å². The molecule has 3 aromatic rings. The first-order valence-corrected chi connectivity index (χ1v) is 12.7. The van der Waals surface area contributed by atoms with Crippen LogP contribution in [0.1, 0.15) is 25.0 Å². The molecule has 0 heterocycles. The van der Waals surface area contributed by atoms with Gasteiger partial charge >= 0.3 is 0 Å². The summed E-state index contributed by atoms with van der Waals surface area (Å²) in [5, 5.41) is 2.11. The zero-order valence-corrected chi connectivity index (χ0v) is 22.6. The molecule has 0 radical (unpaired) electrons. The Bertz CT molecular complexity index is 1260. The molecule has 0 fully saturated rings. The van der Waals surface area contributed by atoms with Gasteiger partial charge in [0, 0.05) is 32.5 Å². The minimum atomic E-state index is -0.874. The molecule has 3 amide bonds. The number of nitrogens with two attached hydrogens (primary N) is 2. The molecule has 3 aromatic carbocycles. The van der Waals surface area contributed by atoms with Crippen LogP contribution in [-0.4, -0.2) is 72.5 Å². The molecule has 0 aliphatic rings. The lowest BCUT2D eigenvalue weighted by Gasteiger charge is -2.34. The van der Waals surface area contributed by atoms with Crippen molar-refractivity contribution in [3.05, 3.63) is 83.9 Å². The van der Waals surface area contributed by atoms with E-state index >= 15 is 0 Å². The van der Waals surface area contributed by atoms with E-state index in [4.69, 9.17) is 16.2 Å². The number of benzene rings is 3. The normalized spacial score (nSPS) is 13.1. The number of ether oxygens (including phenoxy) is 1. The minimum Gasteiger partial charge on any atom is -0.370 e. The Hall–Kier alpha value is -3.75. The molecule has 38 heavy (non-hydrogen) atoms. The van der Waals surface area contributed by atoms with Crippen molar-refractivity contribution < 1.29 is 19.1 Å². The van der Waals surface area contributed by atoms with Gasteiger partial charge in [-0.3, -0.25) is 14.4 Å². The van der Waals surface area contributed by atoms with Gasteiger partial charge in [0.1, 0.15) is 18.7 Å². The third-order valence-corrected chi connectivity index (χ3v) is 6.50. The summed E-state index contributed by atoms with van der Waals surface area (Å²) in [6, 6.07) is 21.5. The largest absolute Gasteiger partial charge is 0.370 e. The second kappa shape index (κ2) is 12.7. The van der Waals surface area contributed by atoms with Gasteiger partial charge in [-0.15, -0.1) is 0 Å². The predicted molar refractivity (Wildman–Crippen MR) is 149 cm³/mol. The van der Waals surface area contributed by atoms with Crippen LogP contribution in [0.5, 0.6) is 0 Å². The SMILES string of the molecule is CN(C(=O)COCC(C)(C)N)[C@H](Cc1ccc2ccccc2c1)C(=O)N(C)[C@H](Cc1ccccc1)C(N)=O. The number of nitrogens with zero attached hydrogens (tertiary/aromatic N) is 2. The first-order valence-electron chi connectivity index (χ1n) is 12.7. The van der Waals surface area contributed by atoms with Gasteiger partial charge in [-0.25, -0.2) is 0 Å². The number of hydrogen-bond donors (Lipinski definition) is 2. The Labute approximate surface area is 224 Å². The Morgan fingerprint density at radius 3 is 2.05 bits per heavy atom. The van der Waals surface area contributed by atoms with E-state index in [-0.39, 0.29) is 37.9 Å². The Morgan fingerprint density at radius 2 is 1.42 bits per heavy atom. The molecule has 0 aliphatic heterocycles. The van der Waals surface area contributed by atoms with E-state index in [2.05, 4.69) is 0 Å². The number of hydrogen-bond acceptors (Lipinski definition) is 5. The molecule has 0 unspecified atom stereocenters. The number of carbonyl (C=O) groups is 3. The van der Waals surface area contributed by atoms with Crippen LogP contribution in [0.2, 0.25) is 0 Å². The van der Waals surface area contributed by atoms with E-state index in [0.717, 1.165) is 21.9 Å². The average Bonchev–Trinajstić information content (AvgIpc) is 2.88. The maximum absolute atomic E-state index is 13.9. The summed E-state index contributed by atoms with van der Waals surface area (Å²) in [5.74, 6) is -1.36. The third-order valence-electron chi connectivity index (χ3n) is 6.50. The lowest BCUT2D eigenvalue weighted by molar-refractivity contribution is -0.149. The van der Waals surface area contributed by atoms with Gasteiger partial charge in [0.05, 0.1) is 6.61 Å². The maximum atomic E-state index is 13.9. The van der Waals surface area contributed by atoms with Crippen LogP contribution in [0.25, 0.3) is 10.8 Å². The molecule has 0 saturated heterocycles. The molecular weight excluding hydrogens is 480 g/mol. The number of carbonyl (C=O) groups excluding carboxylic acids is 3. The monoisotopic (exact) mass is 518 g/mol. The smallest absolute Gasteiger partial charge is 0.249 e. The maximum Gasteiger partial charge on any atom is 0.249 e. The van der Waals surface area contributed by atoms with Crippen molar-refractivity contribution in [1.29, 1.82) is 0 Å². The van der Waals surface area contributed by atoms with E-state index in [1.54, 1.807) is 27.9 Å². The summed E-state index contributed by atoms with van der Waals surface area (Å²) in [4.78, 5) is 42.2. The molecule has 2 atom stereocenters. The van der Waals surface area contributed by atoms with E-state index in [1.165, 1.54) is 9.80 Å². The molecule has 8 heteroatoms. The van der Waals surface area contributed by atoms with Crippen LogP contribution in [-0.2, 0) is 32.0 Å². The van der Waals surface area contributed by atoms with Crippen LogP contribution in [0.3, 0.4) is 0 Å². The van der Waals surface area contributed by atoms with E-state index in [9.17, 15) is 14.4 Å². The van der Waals surface area contributed by atoms with Crippen molar-refractivity contribution >= 4 is 28.5 Å². The van der Waals surface area contributed by atoms with Gasteiger partial charge in [-0.2, -0.15) is 0 Å². The number of likely N-dealkylation sites (N-methyl/N-ethyl adjacent to an activating group) is 2. The zero-order valence-electron chi connectivity index (χ0n) is 22.6. The summed E-state index contributed by atoms with van der Waals surface area (Å²) >= 11 is 0. The molecule has 4 N–H and O–H groups in total. The van der Waals surface area contributed by atoms with Gasteiger partial charge in [0.25, 0.3) is 0 Å². The lowest BCUT2D eigenvalue weighted by atomic mass is 9.98. The van der Waals surface area contributed by atoms with Crippen LogP contribution in [0.4, 0.5) is 0 Å². The fourth-order valence-corrected chi connectivity index (χ4v) is 4.31. The molecule has 0 saturated carbocycles. The Balaban J connectivity index is 1.87. The fourth-order valence-electron chi connectivity index (χ4n) is 4.31. The lowest BCUT2D eigenvalue weighted by Crippen LogP contribution is -2.55. The Kier molecular flexibility index (Phi) is 9.61. The predicted octanol–water partition coefficient (Wildman–Crippen LogP) is 2.52. The number of fused-ring (bicyclic) bond motifs is 1. The molecule has 0 bridgehead atoms. The summed E-state index contributed by atoms with van der Waals surface area (Å²) in [7, 11) is 3.13. The molecule has 0 aromatic heterocycles. The molecular formula is C30H38N4O4. The number of primary amides is 1. The zero-order chi connectivity index (χ0) is 27.9. The van der Waals surface area contributed by atoms with Gasteiger partial charge in [0.2, 0.25) is 17.7 Å². The van der Waals surface area contributed by atoms with Crippen LogP contribution in [0, 0.1) is 0 Å². The molecule has 3 rings (SSSR count).